The van der Waals surface area contributed by atoms with Gasteiger partial charge in [-0.15, -0.1) is 0 Å². The maximum atomic E-state index is 11.6. The predicted octanol–water partition coefficient (Wildman–Crippen LogP) is 0.766. The molecule has 2 aromatic carbocycles. The molecule has 0 saturated heterocycles. The van der Waals surface area contributed by atoms with E-state index in [1.807, 2.05) is 0 Å². The fraction of sp³-hybridized carbons (Fsp3) is 0. The van der Waals surface area contributed by atoms with Crippen LogP contribution >= 0.6 is 11.6 Å². The van der Waals surface area contributed by atoms with Gasteiger partial charge in [-0.25, -0.2) is 9.67 Å². The highest BCUT2D eigenvalue weighted by Crippen LogP contribution is 2.29. The standard InChI is InChI=1S/C12H7ClN4O2/c13-6-1-2-7(9-10(14)12(19)11(9)18)8(3-6)17-5-15-4-16-17/h1-5H,14H2. The van der Waals surface area contributed by atoms with Crippen molar-refractivity contribution < 1.29 is 0 Å². The summed E-state index contributed by atoms with van der Waals surface area (Å²) in [5.41, 5.74) is 5.55. The number of aromatic nitrogens is 3. The summed E-state index contributed by atoms with van der Waals surface area (Å²) in [6.45, 7) is 0. The van der Waals surface area contributed by atoms with Gasteiger partial charge in [0.05, 0.1) is 16.9 Å². The molecule has 94 valence electrons. The molecular weight excluding hydrogens is 268 g/mol. The predicted molar refractivity (Wildman–Crippen MR) is 71.1 cm³/mol. The summed E-state index contributed by atoms with van der Waals surface area (Å²) < 4.78 is 1.46. The fourth-order valence-corrected chi connectivity index (χ4v) is 2.08. The number of hydrogen-bond donors (Lipinski definition) is 1. The molecule has 0 unspecified atom stereocenters. The third-order valence-electron chi connectivity index (χ3n) is 2.84. The summed E-state index contributed by atoms with van der Waals surface area (Å²) in [5.74, 6) is 0. The van der Waals surface area contributed by atoms with Crippen LogP contribution in [0.4, 0.5) is 5.69 Å². The summed E-state index contributed by atoms with van der Waals surface area (Å²) in [5, 5.41) is 4.46. The van der Waals surface area contributed by atoms with Gasteiger partial charge in [-0.3, -0.25) is 9.59 Å². The zero-order valence-electron chi connectivity index (χ0n) is 9.50. The largest absolute Gasteiger partial charge is 0.395 e. The summed E-state index contributed by atoms with van der Waals surface area (Å²) in [6.07, 6.45) is 2.83. The molecule has 0 radical (unpaired) electrons. The van der Waals surface area contributed by atoms with Gasteiger partial charge in [0.1, 0.15) is 12.7 Å². The van der Waals surface area contributed by atoms with E-state index < -0.39 is 10.9 Å². The van der Waals surface area contributed by atoms with E-state index in [2.05, 4.69) is 10.1 Å². The van der Waals surface area contributed by atoms with Crippen LogP contribution in [-0.2, 0) is 0 Å². The van der Waals surface area contributed by atoms with Gasteiger partial charge < -0.3 is 5.73 Å². The summed E-state index contributed by atoms with van der Waals surface area (Å²) in [4.78, 5) is 26.7. The lowest BCUT2D eigenvalue weighted by Gasteiger charge is -2.12. The highest BCUT2D eigenvalue weighted by molar-refractivity contribution is 6.30. The average molecular weight is 275 g/mol. The van der Waals surface area contributed by atoms with Crippen molar-refractivity contribution in [2.75, 3.05) is 5.73 Å². The first-order valence-electron chi connectivity index (χ1n) is 5.33. The van der Waals surface area contributed by atoms with Gasteiger partial charge in [-0.2, -0.15) is 5.10 Å². The number of rotatable bonds is 2. The van der Waals surface area contributed by atoms with E-state index in [0.717, 1.165) is 0 Å². The fourth-order valence-electron chi connectivity index (χ4n) is 1.91. The lowest BCUT2D eigenvalue weighted by atomic mass is 9.97. The summed E-state index contributed by atoms with van der Waals surface area (Å²) in [7, 11) is 0. The average Bonchev–Trinajstić information content (AvgIpc) is 2.94. The van der Waals surface area contributed by atoms with Crippen molar-refractivity contribution in [3.8, 4) is 16.8 Å². The third-order valence-corrected chi connectivity index (χ3v) is 3.08. The normalized spacial score (nSPS) is 11.0. The highest BCUT2D eigenvalue weighted by atomic mass is 35.5. The van der Waals surface area contributed by atoms with E-state index in [1.165, 1.54) is 17.3 Å². The number of nitrogens with zero attached hydrogens (tertiary/aromatic N) is 3. The molecule has 0 bridgehead atoms. The van der Waals surface area contributed by atoms with E-state index in [0.29, 0.717) is 16.3 Å². The van der Waals surface area contributed by atoms with Gasteiger partial charge in [0.15, 0.2) is 0 Å². The molecule has 0 amide bonds. The first-order chi connectivity index (χ1) is 9.09. The van der Waals surface area contributed by atoms with E-state index in [1.54, 1.807) is 18.2 Å². The Balaban J connectivity index is 2.29. The molecule has 0 atom stereocenters. The minimum Gasteiger partial charge on any atom is -0.395 e. The molecule has 6 nitrogen and oxygen atoms in total. The Morgan fingerprint density at radius 3 is 2.63 bits per heavy atom. The summed E-state index contributed by atoms with van der Waals surface area (Å²) >= 11 is 5.94. The van der Waals surface area contributed by atoms with E-state index in [4.69, 9.17) is 17.3 Å². The number of nitrogens with two attached hydrogens (primary N) is 1. The van der Waals surface area contributed by atoms with E-state index in [-0.39, 0.29) is 11.3 Å². The van der Waals surface area contributed by atoms with Crippen LogP contribution in [0, 0.1) is 0 Å². The summed E-state index contributed by atoms with van der Waals surface area (Å²) in [6, 6.07) is 4.88. The maximum absolute atomic E-state index is 11.6. The Labute approximate surface area is 111 Å². The molecule has 0 aliphatic carbocycles. The molecule has 0 fully saturated rings. The zero-order chi connectivity index (χ0) is 13.6. The second-order valence-corrected chi connectivity index (χ2v) is 4.38. The van der Waals surface area contributed by atoms with E-state index in [9.17, 15) is 9.59 Å². The molecule has 0 spiro atoms. The van der Waals surface area contributed by atoms with Crippen molar-refractivity contribution in [2.45, 2.75) is 0 Å². The van der Waals surface area contributed by atoms with Gasteiger partial charge in [0, 0.05) is 10.6 Å². The third kappa shape index (κ3) is 1.65. The molecule has 19 heavy (non-hydrogen) atoms. The lowest BCUT2D eigenvalue weighted by Crippen LogP contribution is -2.36. The van der Waals surface area contributed by atoms with Crippen molar-refractivity contribution in [1.82, 2.24) is 14.8 Å². The van der Waals surface area contributed by atoms with Crippen molar-refractivity contribution in [1.29, 1.82) is 0 Å². The zero-order valence-corrected chi connectivity index (χ0v) is 10.3. The SMILES string of the molecule is Nc1c(-c2ccc(Cl)cc2-n2cncn2)c(=O)c1=O. The smallest absolute Gasteiger partial charge is 0.249 e. The van der Waals surface area contributed by atoms with Gasteiger partial charge in [0.2, 0.25) is 10.9 Å². The maximum Gasteiger partial charge on any atom is 0.249 e. The van der Waals surface area contributed by atoms with Crippen LogP contribution in [0.25, 0.3) is 16.8 Å². The lowest BCUT2D eigenvalue weighted by molar-refractivity contribution is 0.880. The van der Waals surface area contributed by atoms with Crippen LogP contribution in [0.15, 0.2) is 40.4 Å². The second kappa shape index (κ2) is 4.03. The molecular formula is C12H7ClN4O2. The molecule has 7 heteroatoms. The van der Waals surface area contributed by atoms with Crippen molar-refractivity contribution in [3.05, 3.63) is 56.3 Å². The number of hydrogen-bond acceptors (Lipinski definition) is 5. The molecule has 3 rings (SSSR count). The topological polar surface area (TPSA) is 90.9 Å². The van der Waals surface area contributed by atoms with Gasteiger partial charge in [-0.05, 0) is 12.1 Å². The second-order valence-electron chi connectivity index (χ2n) is 3.95. The Kier molecular flexibility index (Phi) is 2.46. The van der Waals surface area contributed by atoms with Crippen molar-refractivity contribution >= 4 is 17.3 Å². The van der Waals surface area contributed by atoms with Crippen LogP contribution in [0.3, 0.4) is 0 Å². The number of benzene rings is 1. The van der Waals surface area contributed by atoms with Crippen molar-refractivity contribution in [2.24, 2.45) is 0 Å². The Bertz CT molecular complexity index is 832. The highest BCUT2D eigenvalue weighted by Gasteiger charge is 2.22. The van der Waals surface area contributed by atoms with Crippen LogP contribution in [0.5, 0.6) is 0 Å². The number of anilines is 1. The van der Waals surface area contributed by atoms with Gasteiger partial charge in [0.25, 0.3) is 0 Å². The van der Waals surface area contributed by atoms with Gasteiger partial charge in [-0.1, -0.05) is 17.7 Å². The molecule has 0 saturated carbocycles. The number of nitrogen functional groups attached to an aromatic ring is 1. The van der Waals surface area contributed by atoms with Crippen LogP contribution in [-0.4, -0.2) is 14.8 Å². The number of halogens is 1. The monoisotopic (exact) mass is 274 g/mol. The van der Waals surface area contributed by atoms with Crippen LogP contribution in [0.2, 0.25) is 5.02 Å². The Morgan fingerprint density at radius 2 is 2.00 bits per heavy atom. The molecule has 1 aromatic heterocycles. The first-order valence-corrected chi connectivity index (χ1v) is 5.71. The molecule has 3 aromatic rings. The van der Waals surface area contributed by atoms with Crippen molar-refractivity contribution in [3.63, 3.8) is 0 Å². The molecule has 2 N–H and O–H groups in total. The molecule has 0 aliphatic heterocycles. The first kappa shape index (κ1) is 11.6. The quantitative estimate of drug-likeness (QED) is 0.697. The Hall–Kier alpha value is -2.47. The minimum absolute atomic E-state index is 0.0336. The molecule has 1 heterocycles. The van der Waals surface area contributed by atoms with Gasteiger partial charge >= 0.3 is 0 Å². The van der Waals surface area contributed by atoms with E-state index >= 15 is 0 Å². The minimum atomic E-state index is -0.658. The van der Waals surface area contributed by atoms with Crippen LogP contribution < -0.4 is 16.6 Å². The van der Waals surface area contributed by atoms with Crippen LogP contribution in [0.1, 0.15) is 0 Å². The Morgan fingerprint density at radius 1 is 1.21 bits per heavy atom. The molecule has 0 aliphatic rings.